The first kappa shape index (κ1) is 14.9. The average molecular weight is 297 g/mol. The third-order valence-corrected chi connectivity index (χ3v) is 4.58. The van der Waals surface area contributed by atoms with Crippen molar-refractivity contribution in [2.24, 2.45) is 0 Å². The van der Waals surface area contributed by atoms with Crippen molar-refractivity contribution in [3.05, 3.63) is 17.6 Å². The van der Waals surface area contributed by atoms with Crippen molar-refractivity contribution in [1.82, 2.24) is 9.97 Å². The molecule has 1 fully saturated rings. The molecule has 1 aliphatic rings. The third-order valence-electron chi connectivity index (χ3n) is 3.12. The maximum absolute atomic E-state index is 11.4. The number of carboxylic acid groups (broad SMARTS) is 1. The largest absolute Gasteiger partial charge is 0.475 e. The summed E-state index contributed by atoms with van der Waals surface area (Å²) in [6.07, 6.45) is 0.809. The number of anilines is 1. The van der Waals surface area contributed by atoms with Gasteiger partial charge in [0.2, 0.25) is 5.82 Å². The van der Waals surface area contributed by atoms with Gasteiger partial charge >= 0.3 is 5.97 Å². The predicted octanol–water partition coefficient (Wildman–Crippen LogP) is 1.41. The van der Waals surface area contributed by atoms with E-state index in [0.717, 1.165) is 6.42 Å². The number of hydrogen-bond acceptors (Lipinski definition) is 5. The van der Waals surface area contributed by atoms with Gasteiger partial charge in [-0.05, 0) is 6.42 Å². The first-order chi connectivity index (χ1) is 9.25. The Morgan fingerprint density at radius 1 is 1.45 bits per heavy atom. The van der Waals surface area contributed by atoms with Crippen LogP contribution in [0.15, 0.2) is 6.07 Å². The van der Waals surface area contributed by atoms with E-state index in [-0.39, 0.29) is 17.3 Å². The van der Waals surface area contributed by atoms with Gasteiger partial charge in [0.05, 0.1) is 5.69 Å². The molecule has 2 N–H and O–H groups in total. The van der Waals surface area contributed by atoms with E-state index < -0.39 is 16.8 Å². The fraction of sp³-hybridized carbons (Fsp3) is 0.615. The van der Waals surface area contributed by atoms with E-state index in [2.05, 4.69) is 15.3 Å². The number of hydrogen-bond donors (Lipinski definition) is 2. The molecule has 0 saturated carbocycles. The second kappa shape index (κ2) is 5.47. The van der Waals surface area contributed by atoms with Crippen LogP contribution in [0, 0.1) is 0 Å². The van der Waals surface area contributed by atoms with Crippen LogP contribution in [0.5, 0.6) is 0 Å². The highest BCUT2D eigenvalue weighted by atomic mass is 32.2. The molecule has 110 valence electrons. The number of aromatic nitrogens is 2. The topological polar surface area (TPSA) is 92.2 Å². The predicted molar refractivity (Wildman–Crippen MR) is 77.6 cm³/mol. The molecule has 2 unspecified atom stereocenters. The molecule has 1 aliphatic heterocycles. The molecule has 0 aromatic carbocycles. The molecule has 0 aliphatic carbocycles. The molecule has 1 saturated heterocycles. The first-order valence-electron chi connectivity index (χ1n) is 6.50. The number of carbonyl (C=O) groups is 1. The number of rotatable bonds is 3. The Morgan fingerprint density at radius 2 is 2.15 bits per heavy atom. The molecule has 1 aromatic rings. The van der Waals surface area contributed by atoms with Crippen LogP contribution in [0.1, 0.15) is 43.5 Å². The van der Waals surface area contributed by atoms with Crippen LogP contribution >= 0.6 is 0 Å². The molecular weight excluding hydrogens is 278 g/mol. The Bertz CT molecular complexity index is 554. The number of aromatic carboxylic acids is 1. The van der Waals surface area contributed by atoms with E-state index in [1.54, 1.807) is 6.07 Å². The summed E-state index contributed by atoms with van der Waals surface area (Å²) in [5, 5.41) is 12.3. The quantitative estimate of drug-likeness (QED) is 0.876. The van der Waals surface area contributed by atoms with Crippen molar-refractivity contribution >= 4 is 22.6 Å². The molecule has 7 heteroatoms. The van der Waals surface area contributed by atoms with E-state index in [4.69, 9.17) is 5.11 Å². The molecule has 0 bridgehead atoms. The lowest BCUT2D eigenvalue weighted by molar-refractivity contribution is 0.0683. The fourth-order valence-corrected chi connectivity index (χ4v) is 3.40. The van der Waals surface area contributed by atoms with Crippen LogP contribution < -0.4 is 5.32 Å². The van der Waals surface area contributed by atoms with E-state index in [1.807, 2.05) is 20.8 Å². The minimum absolute atomic E-state index is 0.0835. The van der Waals surface area contributed by atoms with Gasteiger partial charge in [-0.15, -0.1) is 0 Å². The van der Waals surface area contributed by atoms with Crippen molar-refractivity contribution in [3.8, 4) is 0 Å². The lowest BCUT2D eigenvalue weighted by atomic mass is 9.92. The number of carboxylic acids is 1. The van der Waals surface area contributed by atoms with Crippen LogP contribution in [0.3, 0.4) is 0 Å². The zero-order chi connectivity index (χ0) is 14.9. The highest BCUT2D eigenvalue weighted by Gasteiger charge is 2.24. The Kier molecular flexibility index (Phi) is 4.08. The summed E-state index contributed by atoms with van der Waals surface area (Å²) in [6.45, 7) is 5.90. The minimum atomic E-state index is -1.14. The van der Waals surface area contributed by atoms with Gasteiger partial charge in [-0.2, -0.15) is 0 Å². The molecule has 2 rings (SSSR count). The Balaban J connectivity index is 2.29. The zero-order valence-corrected chi connectivity index (χ0v) is 12.7. The van der Waals surface area contributed by atoms with Gasteiger partial charge in [0.1, 0.15) is 5.82 Å². The monoisotopic (exact) mass is 297 g/mol. The van der Waals surface area contributed by atoms with Crippen LogP contribution in [0.2, 0.25) is 0 Å². The Hall–Kier alpha value is -1.50. The molecule has 0 radical (unpaired) electrons. The number of nitrogens with zero attached hydrogens (tertiary/aromatic N) is 2. The highest BCUT2D eigenvalue weighted by molar-refractivity contribution is 7.85. The van der Waals surface area contributed by atoms with Crippen molar-refractivity contribution in [1.29, 1.82) is 0 Å². The van der Waals surface area contributed by atoms with Crippen molar-refractivity contribution in [2.45, 2.75) is 38.6 Å². The standard InChI is InChI=1S/C13H19N3O3S/c1-13(2,3)9-6-10(16-11(15-9)12(17)18)14-8-4-5-20(19)7-8/h6,8H,4-5,7H2,1-3H3,(H,17,18)(H,14,15,16). The lowest BCUT2D eigenvalue weighted by Crippen LogP contribution is -2.23. The number of nitrogens with one attached hydrogen (secondary N) is 1. The van der Waals surface area contributed by atoms with Crippen LogP contribution in [-0.4, -0.2) is 42.8 Å². The van der Waals surface area contributed by atoms with Gasteiger partial charge < -0.3 is 10.4 Å². The average Bonchev–Trinajstić information content (AvgIpc) is 2.73. The van der Waals surface area contributed by atoms with Crippen LogP contribution in [0.4, 0.5) is 5.82 Å². The van der Waals surface area contributed by atoms with Gasteiger partial charge in [0.15, 0.2) is 0 Å². The van der Waals surface area contributed by atoms with Crippen molar-refractivity contribution in [3.63, 3.8) is 0 Å². The minimum Gasteiger partial charge on any atom is -0.475 e. The molecule has 0 amide bonds. The van der Waals surface area contributed by atoms with E-state index in [9.17, 15) is 9.00 Å². The smallest absolute Gasteiger partial charge is 0.374 e. The highest BCUT2D eigenvalue weighted by Crippen LogP contribution is 2.23. The van der Waals surface area contributed by atoms with Gasteiger partial charge in [0, 0.05) is 39.8 Å². The Labute approximate surface area is 120 Å². The van der Waals surface area contributed by atoms with E-state index >= 15 is 0 Å². The van der Waals surface area contributed by atoms with Gasteiger partial charge in [-0.3, -0.25) is 4.21 Å². The van der Waals surface area contributed by atoms with E-state index in [1.165, 1.54) is 0 Å². The first-order valence-corrected chi connectivity index (χ1v) is 7.99. The van der Waals surface area contributed by atoms with E-state index in [0.29, 0.717) is 23.0 Å². The van der Waals surface area contributed by atoms with Crippen LogP contribution in [0.25, 0.3) is 0 Å². The van der Waals surface area contributed by atoms with Gasteiger partial charge in [0.25, 0.3) is 0 Å². The van der Waals surface area contributed by atoms with Crippen molar-refractivity contribution in [2.75, 3.05) is 16.8 Å². The van der Waals surface area contributed by atoms with Crippen LogP contribution in [-0.2, 0) is 16.2 Å². The Morgan fingerprint density at radius 3 is 2.65 bits per heavy atom. The molecule has 2 heterocycles. The summed E-state index contributed by atoms with van der Waals surface area (Å²) in [4.78, 5) is 19.2. The lowest BCUT2D eigenvalue weighted by Gasteiger charge is -2.20. The SMILES string of the molecule is CC(C)(C)c1cc(NC2CCS(=O)C2)nc(C(=O)O)n1. The summed E-state index contributed by atoms with van der Waals surface area (Å²) < 4.78 is 11.4. The summed E-state index contributed by atoms with van der Waals surface area (Å²) in [6, 6.07) is 1.86. The summed E-state index contributed by atoms with van der Waals surface area (Å²) in [5.41, 5.74) is 0.411. The summed E-state index contributed by atoms with van der Waals surface area (Å²) >= 11 is 0. The van der Waals surface area contributed by atoms with Gasteiger partial charge in [-0.25, -0.2) is 14.8 Å². The van der Waals surface area contributed by atoms with Crippen molar-refractivity contribution < 1.29 is 14.1 Å². The molecule has 6 nitrogen and oxygen atoms in total. The third kappa shape index (κ3) is 3.53. The second-order valence-electron chi connectivity index (χ2n) is 5.96. The summed E-state index contributed by atoms with van der Waals surface area (Å²) in [7, 11) is -0.785. The molecule has 1 aromatic heterocycles. The normalized spacial score (nSPS) is 22.8. The maximum atomic E-state index is 11.4. The zero-order valence-electron chi connectivity index (χ0n) is 11.8. The molecular formula is C13H19N3O3S. The second-order valence-corrected chi connectivity index (χ2v) is 7.58. The molecule has 0 spiro atoms. The fourth-order valence-electron chi connectivity index (χ4n) is 1.99. The maximum Gasteiger partial charge on any atom is 0.374 e. The molecule has 20 heavy (non-hydrogen) atoms. The molecule has 2 atom stereocenters. The van der Waals surface area contributed by atoms with Gasteiger partial charge in [-0.1, -0.05) is 20.8 Å². The summed E-state index contributed by atoms with van der Waals surface area (Å²) in [5.74, 6) is 0.400.